The summed E-state index contributed by atoms with van der Waals surface area (Å²) < 4.78 is 5.71. The minimum atomic E-state index is -0.767. The predicted molar refractivity (Wildman–Crippen MR) is 80.2 cm³/mol. The first-order chi connectivity index (χ1) is 10.6. The first-order valence-electron chi connectivity index (χ1n) is 8.16. The van der Waals surface area contributed by atoms with Gasteiger partial charge in [-0.25, -0.2) is 0 Å². The van der Waals surface area contributed by atoms with Crippen molar-refractivity contribution in [2.75, 3.05) is 6.54 Å². The molecule has 1 aromatic rings. The molecular formula is C17H23NO4. The first kappa shape index (κ1) is 15.1. The summed E-state index contributed by atoms with van der Waals surface area (Å²) in [6, 6.07) is 3.90. The van der Waals surface area contributed by atoms with E-state index in [4.69, 9.17) is 4.42 Å². The van der Waals surface area contributed by atoms with Crippen LogP contribution in [0.4, 0.5) is 0 Å². The summed E-state index contributed by atoms with van der Waals surface area (Å²) in [6.45, 7) is 2.65. The van der Waals surface area contributed by atoms with Gasteiger partial charge in [0.25, 0.3) is 0 Å². The zero-order valence-electron chi connectivity index (χ0n) is 13.0. The van der Waals surface area contributed by atoms with Crippen molar-refractivity contribution >= 4 is 11.9 Å². The molecule has 0 aromatic carbocycles. The topological polar surface area (TPSA) is 70.8 Å². The number of carbonyl (C=O) groups is 2. The number of carboxylic acids is 1. The van der Waals surface area contributed by atoms with E-state index in [1.54, 1.807) is 0 Å². The number of rotatable bonds is 3. The van der Waals surface area contributed by atoms with Gasteiger partial charge in [0.05, 0.1) is 12.0 Å². The number of amides is 1. The summed E-state index contributed by atoms with van der Waals surface area (Å²) in [6.07, 6.45) is 4.71. The Morgan fingerprint density at radius 3 is 2.64 bits per heavy atom. The van der Waals surface area contributed by atoms with E-state index in [0.29, 0.717) is 12.8 Å². The Kier molecular flexibility index (Phi) is 4.23. The molecule has 120 valence electrons. The van der Waals surface area contributed by atoms with E-state index >= 15 is 0 Å². The molecule has 1 N–H and O–H groups in total. The summed E-state index contributed by atoms with van der Waals surface area (Å²) in [5, 5.41) is 9.20. The lowest BCUT2D eigenvalue weighted by atomic mass is 9.80. The van der Waals surface area contributed by atoms with Crippen LogP contribution in [0.25, 0.3) is 0 Å². The highest BCUT2D eigenvalue weighted by atomic mass is 16.4. The molecule has 2 aliphatic rings. The van der Waals surface area contributed by atoms with Crippen LogP contribution in [0.1, 0.15) is 56.1 Å². The monoisotopic (exact) mass is 305 g/mol. The Labute approximate surface area is 130 Å². The number of hydrogen-bond acceptors (Lipinski definition) is 3. The van der Waals surface area contributed by atoms with Crippen LogP contribution < -0.4 is 0 Å². The van der Waals surface area contributed by atoms with Crippen LogP contribution in [0.2, 0.25) is 0 Å². The molecule has 5 heteroatoms. The van der Waals surface area contributed by atoms with Gasteiger partial charge in [-0.2, -0.15) is 0 Å². The summed E-state index contributed by atoms with van der Waals surface area (Å²) in [4.78, 5) is 26.0. The molecule has 1 aromatic heterocycles. The SMILES string of the molecule is Cc1ccc(C2CCCN2C(=O)C2CCCC(C(=O)O)C2)o1. The van der Waals surface area contributed by atoms with Gasteiger partial charge in [0.2, 0.25) is 5.91 Å². The zero-order chi connectivity index (χ0) is 15.7. The highest BCUT2D eigenvalue weighted by Gasteiger charge is 2.38. The Morgan fingerprint density at radius 1 is 1.18 bits per heavy atom. The highest BCUT2D eigenvalue weighted by molar-refractivity contribution is 5.81. The van der Waals surface area contributed by atoms with E-state index in [0.717, 1.165) is 43.7 Å². The van der Waals surface area contributed by atoms with Crippen LogP contribution >= 0.6 is 0 Å². The van der Waals surface area contributed by atoms with Crippen molar-refractivity contribution in [2.45, 2.75) is 51.5 Å². The molecule has 1 aliphatic heterocycles. The van der Waals surface area contributed by atoms with Crippen molar-refractivity contribution in [2.24, 2.45) is 11.8 Å². The van der Waals surface area contributed by atoms with Crippen LogP contribution in [0.5, 0.6) is 0 Å². The Balaban J connectivity index is 1.72. The molecule has 0 radical (unpaired) electrons. The quantitative estimate of drug-likeness (QED) is 0.931. The van der Waals surface area contributed by atoms with Crippen molar-refractivity contribution in [3.8, 4) is 0 Å². The average Bonchev–Trinajstić information content (AvgIpc) is 3.15. The third-order valence-corrected chi connectivity index (χ3v) is 5.00. The van der Waals surface area contributed by atoms with E-state index in [2.05, 4.69) is 0 Å². The third-order valence-electron chi connectivity index (χ3n) is 5.00. The zero-order valence-corrected chi connectivity index (χ0v) is 13.0. The van der Waals surface area contributed by atoms with Crippen LogP contribution in [0.3, 0.4) is 0 Å². The summed E-state index contributed by atoms with van der Waals surface area (Å²) in [5.74, 6) is 0.549. The van der Waals surface area contributed by atoms with Gasteiger partial charge in [-0.05, 0) is 51.2 Å². The van der Waals surface area contributed by atoms with E-state index in [1.807, 2.05) is 24.0 Å². The van der Waals surface area contributed by atoms with Crippen LogP contribution in [-0.2, 0) is 9.59 Å². The number of furan rings is 1. The van der Waals surface area contributed by atoms with E-state index in [-0.39, 0.29) is 23.8 Å². The Hall–Kier alpha value is -1.78. The highest BCUT2D eigenvalue weighted by Crippen LogP contribution is 2.37. The lowest BCUT2D eigenvalue weighted by Crippen LogP contribution is -2.38. The number of likely N-dealkylation sites (tertiary alicyclic amines) is 1. The molecular weight excluding hydrogens is 282 g/mol. The molecule has 5 nitrogen and oxygen atoms in total. The molecule has 1 amide bonds. The number of aliphatic carboxylic acids is 1. The second kappa shape index (κ2) is 6.15. The molecule has 2 fully saturated rings. The maximum absolute atomic E-state index is 12.9. The van der Waals surface area contributed by atoms with Crippen LogP contribution in [0, 0.1) is 18.8 Å². The van der Waals surface area contributed by atoms with E-state index in [1.165, 1.54) is 0 Å². The second-order valence-corrected chi connectivity index (χ2v) is 6.54. The second-order valence-electron chi connectivity index (χ2n) is 6.54. The lowest BCUT2D eigenvalue weighted by Gasteiger charge is -2.31. The van der Waals surface area contributed by atoms with Crippen LogP contribution in [0.15, 0.2) is 16.5 Å². The van der Waals surface area contributed by atoms with Gasteiger partial charge in [0.15, 0.2) is 0 Å². The maximum atomic E-state index is 12.9. The number of carboxylic acid groups (broad SMARTS) is 1. The van der Waals surface area contributed by atoms with Gasteiger partial charge >= 0.3 is 5.97 Å². The van der Waals surface area contributed by atoms with Crippen molar-refractivity contribution in [1.82, 2.24) is 4.90 Å². The largest absolute Gasteiger partial charge is 0.481 e. The van der Waals surface area contributed by atoms with E-state index < -0.39 is 5.97 Å². The molecule has 3 atom stereocenters. The smallest absolute Gasteiger partial charge is 0.306 e. The fourth-order valence-corrected chi connectivity index (χ4v) is 3.83. The fraction of sp³-hybridized carbons (Fsp3) is 0.647. The molecule has 0 spiro atoms. The molecule has 1 saturated carbocycles. The van der Waals surface area contributed by atoms with Gasteiger partial charge in [0.1, 0.15) is 11.5 Å². The summed E-state index contributed by atoms with van der Waals surface area (Å²) in [5.41, 5.74) is 0. The van der Waals surface area contributed by atoms with Gasteiger partial charge in [-0.3, -0.25) is 9.59 Å². The molecule has 3 unspecified atom stereocenters. The average molecular weight is 305 g/mol. The molecule has 22 heavy (non-hydrogen) atoms. The molecule has 0 bridgehead atoms. The van der Waals surface area contributed by atoms with Gasteiger partial charge < -0.3 is 14.4 Å². The molecule has 2 heterocycles. The predicted octanol–water partition coefficient (Wildman–Crippen LogP) is 3.14. The van der Waals surface area contributed by atoms with Crippen molar-refractivity contribution in [3.63, 3.8) is 0 Å². The van der Waals surface area contributed by atoms with Crippen molar-refractivity contribution in [3.05, 3.63) is 23.7 Å². The number of hydrogen-bond donors (Lipinski definition) is 1. The van der Waals surface area contributed by atoms with Gasteiger partial charge in [-0.15, -0.1) is 0 Å². The number of aryl methyl sites for hydroxylation is 1. The van der Waals surface area contributed by atoms with Gasteiger partial charge in [0, 0.05) is 12.5 Å². The standard InChI is InChI=1S/C17H23NO4/c1-11-7-8-15(22-11)14-6-3-9-18(14)16(19)12-4-2-5-13(10-12)17(20)21/h7-8,12-14H,2-6,9-10H2,1H3,(H,20,21). The first-order valence-corrected chi connectivity index (χ1v) is 8.16. The van der Waals surface area contributed by atoms with Gasteiger partial charge in [-0.1, -0.05) is 6.42 Å². The molecule has 1 aliphatic carbocycles. The normalized spacial score (nSPS) is 28.8. The van der Waals surface area contributed by atoms with Crippen molar-refractivity contribution < 1.29 is 19.1 Å². The third kappa shape index (κ3) is 2.89. The minimum absolute atomic E-state index is 0.0198. The molecule has 1 saturated heterocycles. The number of carbonyl (C=O) groups excluding carboxylic acids is 1. The summed E-state index contributed by atoms with van der Waals surface area (Å²) >= 11 is 0. The summed E-state index contributed by atoms with van der Waals surface area (Å²) in [7, 11) is 0. The fourth-order valence-electron chi connectivity index (χ4n) is 3.83. The lowest BCUT2D eigenvalue weighted by molar-refractivity contribution is -0.145. The maximum Gasteiger partial charge on any atom is 0.306 e. The van der Waals surface area contributed by atoms with E-state index in [9.17, 15) is 14.7 Å². The Bertz CT molecular complexity index is 565. The van der Waals surface area contributed by atoms with Crippen molar-refractivity contribution in [1.29, 1.82) is 0 Å². The Morgan fingerprint density at radius 2 is 1.95 bits per heavy atom. The minimum Gasteiger partial charge on any atom is -0.481 e. The molecule has 3 rings (SSSR count). The van der Waals surface area contributed by atoms with Crippen LogP contribution in [-0.4, -0.2) is 28.4 Å². The number of nitrogens with zero attached hydrogens (tertiary/aromatic N) is 1.